The molecule has 2 aromatic heterocycles. The lowest BCUT2D eigenvalue weighted by Crippen LogP contribution is -2.00. The maximum absolute atomic E-state index is 5.48. The Morgan fingerprint density at radius 1 is 1.20 bits per heavy atom. The maximum Gasteiger partial charge on any atom is 0.240 e. The van der Waals surface area contributed by atoms with Gasteiger partial charge in [0.2, 0.25) is 17.7 Å². The summed E-state index contributed by atoms with van der Waals surface area (Å²) in [5.41, 5.74) is 11.8. The van der Waals surface area contributed by atoms with Crippen molar-refractivity contribution < 1.29 is 4.74 Å². The molecule has 0 saturated carbocycles. The van der Waals surface area contributed by atoms with Crippen LogP contribution in [0.4, 0.5) is 11.8 Å². The van der Waals surface area contributed by atoms with Gasteiger partial charge in [0, 0.05) is 17.8 Å². The summed E-state index contributed by atoms with van der Waals surface area (Å²) in [5, 5.41) is 6.62. The molecule has 0 spiro atoms. The van der Waals surface area contributed by atoms with Crippen LogP contribution in [-0.4, -0.2) is 20.2 Å². The molecule has 0 fully saturated rings. The highest BCUT2D eigenvalue weighted by Crippen LogP contribution is 2.19. The minimum absolute atomic E-state index is 0.0669. The number of aromatic nitrogens is 4. The molecule has 0 aliphatic rings. The van der Waals surface area contributed by atoms with Crippen LogP contribution in [0.25, 0.3) is 0 Å². The van der Waals surface area contributed by atoms with Gasteiger partial charge in [-0.2, -0.15) is 9.97 Å². The average Bonchev–Trinajstić information content (AvgIpc) is 2.49. The fourth-order valence-electron chi connectivity index (χ4n) is 1.07. The molecular formula is C8H10N6O. The van der Waals surface area contributed by atoms with Crippen LogP contribution in [0.15, 0.2) is 12.1 Å². The topological polar surface area (TPSA) is 116 Å². The molecule has 0 atom stereocenters. The van der Waals surface area contributed by atoms with E-state index >= 15 is 0 Å². The summed E-state index contributed by atoms with van der Waals surface area (Å²) >= 11 is 0. The number of aromatic amines is 1. The largest absolute Gasteiger partial charge is 0.419 e. The summed E-state index contributed by atoms with van der Waals surface area (Å²) < 4.78 is 5.31. The second kappa shape index (κ2) is 3.45. The Hall–Kier alpha value is -2.31. The maximum atomic E-state index is 5.48. The Bertz CT molecular complexity index is 459. The number of hydrogen-bond donors (Lipinski definition) is 3. The van der Waals surface area contributed by atoms with Crippen LogP contribution in [0.1, 0.15) is 5.69 Å². The van der Waals surface area contributed by atoms with Crippen molar-refractivity contribution in [2.45, 2.75) is 6.92 Å². The fraction of sp³-hybridized carbons (Fsp3) is 0.125. The van der Waals surface area contributed by atoms with Crippen LogP contribution in [0.5, 0.6) is 11.8 Å². The Labute approximate surface area is 85.5 Å². The van der Waals surface area contributed by atoms with E-state index in [1.54, 1.807) is 6.07 Å². The predicted octanol–water partition coefficient (Wildman–Crippen LogP) is 0.465. The summed E-state index contributed by atoms with van der Waals surface area (Å²) in [4.78, 5) is 7.57. The molecular weight excluding hydrogens is 196 g/mol. The Morgan fingerprint density at radius 2 is 2.00 bits per heavy atom. The molecule has 2 aromatic rings. The van der Waals surface area contributed by atoms with Gasteiger partial charge in [-0.1, -0.05) is 0 Å². The third-order valence-electron chi connectivity index (χ3n) is 1.63. The second-order valence-corrected chi connectivity index (χ2v) is 2.98. The first kappa shape index (κ1) is 9.25. The molecule has 0 aliphatic carbocycles. The van der Waals surface area contributed by atoms with Crippen molar-refractivity contribution in [3.8, 4) is 11.8 Å². The SMILES string of the molecule is Cc1cc(Oc2cc(N)nc(N)n2)n[nH]1. The summed E-state index contributed by atoms with van der Waals surface area (Å²) in [6.07, 6.45) is 0. The Balaban J connectivity index is 2.24. The van der Waals surface area contributed by atoms with Gasteiger partial charge in [-0.15, -0.1) is 5.10 Å². The molecule has 0 bridgehead atoms. The number of nitrogens with one attached hydrogen (secondary N) is 1. The smallest absolute Gasteiger partial charge is 0.240 e. The van der Waals surface area contributed by atoms with Gasteiger partial charge in [-0.3, -0.25) is 5.10 Å². The van der Waals surface area contributed by atoms with Gasteiger partial charge in [0.05, 0.1) is 0 Å². The quantitative estimate of drug-likeness (QED) is 0.657. The monoisotopic (exact) mass is 206 g/mol. The highest BCUT2D eigenvalue weighted by atomic mass is 16.5. The van der Waals surface area contributed by atoms with Crippen molar-refractivity contribution in [2.24, 2.45) is 0 Å². The van der Waals surface area contributed by atoms with Gasteiger partial charge in [-0.25, -0.2) is 0 Å². The van der Waals surface area contributed by atoms with Gasteiger partial charge in [0.15, 0.2) is 0 Å². The predicted molar refractivity (Wildman–Crippen MR) is 54.3 cm³/mol. The number of aryl methyl sites for hydroxylation is 1. The second-order valence-electron chi connectivity index (χ2n) is 2.98. The molecule has 2 rings (SSSR count). The number of nitrogens with two attached hydrogens (primary N) is 2. The molecule has 2 heterocycles. The number of H-pyrrole nitrogens is 1. The Morgan fingerprint density at radius 3 is 2.60 bits per heavy atom. The standard InChI is InChI=1S/C8H10N6O/c1-4-2-7(14-13-4)15-6-3-5(9)11-8(10)12-6/h2-3H,1H3,(H,13,14)(H4,9,10,11,12). The van der Waals surface area contributed by atoms with E-state index in [1.807, 2.05) is 6.92 Å². The zero-order chi connectivity index (χ0) is 10.8. The molecule has 5 N–H and O–H groups in total. The van der Waals surface area contributed by atoms with Gasteiger partial charge >= 0.3 is 0 Å². The molecule has 0 radical (unpaired) electrons. The van der Waals surface area contributed by atoms with Crippen LogP contribution < -0.4 is 16.2 Å². The highest BCUT2D eigenvalue weighted by molar-refractivity contribution is 5.39. The van der Waals surface area contributed by atoms with Crippen LogP contribution in [0.2, 0.25) is 0 Å². The molecule has 0 aliphatic heterocycles. The molecule has 0 amide bonds. The van der Waals surface area contributed by atoms with Gasteiger partial charge in [0.1, 0.15) is 5.82 Å². The average molecular weight is 206 g/mol. The van der Waals surface area contributed by atoms with E-state index in [0.29, 0.717) is 5.88 Å². The number of nitrogens with zero attached hydrogens (tertiary/aromatic N) is 3. The summed E-state index contributed by atoms with van der Waals surface area (Å²) in [7, 11) is 0. The lowest BCUT2D eigenvalue weighted by atomic mass is 10.5. The lowest BCUT2D eigenvalue weighted by molar-refractivity contribution is 0.443. The van der Waals surface area contributed by atoms with Crippen molar-refractivity contribution in [2.75, 3.05) is 11.5 Å². The van der Waals surface area contributed by atoms with Crippen molar-refractivity contribution >= 4 is 11.8 Å². The van der Waals surface area contributed by atoms with Crippen LogP contribution in [0, 0.1) is 6.92 Å². The summed E-state index contributed by atoms with van der Waals surface area (Å²) in [6.45, 7) is 1.86. The van der Waals surface area contributed by atoms with Crippen molar-refractivity contribution in [3.63, 3.8) is 0 Å². The Kier molecular flexibility index (Phi) is 2.13. The molecule has 15 heavy (non-hydrogen) atoms. The van der Waals surface area contributed by atoms with Crippen LogP contribution in [-0.2, 0) is 0 Å². The van der Waals surface area contributed by atoms with E-state index in [9.17, 15) is 0 Å². The van der Waals surface area contributed by atoms with E-state index in [0.717, 1.165) is 5.69 Å². The molecule has 0 unspecified atom stereocenters. The molecule has 7 nitrogen and oxygen atoms in total. The normalized spacial score (nSPS) is 10.2. The third-order valence-corrected chi connectivity index (χ3v) is 1.63. The first-order valence-electron chi connectivity index (χ1n) is 4.23. The summed E-state index contributed by atoms with van der Waals surface area (Å²) in [6, 6.07) is 3.20. The van der Waals surface area contributed by atoms with E-state index in [1.165, 1.54) is 6.07 Å². The van der Waals surface area contributed by atoms with Gasteiger partial charge in [-0.05, 0) is 6.92 Å². The number of ether oxygens (including phenoxy) is 1. The molecule has 7 heteroatoms. The summed E-state index contributed by atoms with van der Waals surface area (Å²) in [5.74, 6) is 0.999. The van der Waals surface area contributed by atoms with E-state index in [4.69, 9.17) is 16.2 Å². The zero-order valence-electron chi connectivity index (χ0n) is 8.06. The fourth-order valence-corrected chi connectivity index (χ4v) is 1.07. The van der Waals surface area contributed by atoms with Gasteiger partial charge < -0.3 is 16.2 Å². The number of hydrogen-bond acceptors (Lipinski definition) is 6. The third kappa shape index (κ3) is 2.13. The lowest BCUT2D eigenvalue weighted by Gasteiger charge is -2.01. The minimum Gasteiger partial charge on any atom is -0.419 e. The van der Waals surface area contributed by atoms with Crippen LogP contribution >= 0.6 is 0 Å². The zero-order valence-corrected chi connectivity index (χ0v) is 8.06. The minimum atomic E-state index is 0.0669. The molecule has 78 valence electrons. The van der Waals surface area contributed by atoms with Crippen molar-refractivity contribution in [1.82, 2.24) is 20.2 Å². The first-order chi connectivity index (χ1) is 7.13. The van der Waals surface area contributed by atoms with Crippen molar-refractivity contribution in [1.29, 1.82) is 0 Å². The van der Waals surface area contributed by atoms with E-state index < -0.39 is 0 Å². The first-order valence-corrected chi connectivity index (χ1v) is 4.23. The van der Waals surface area contributed by atoms with Crippen LogP contribution in [0.3, 0.4) is 0 Å². The number of anilines is 2. The van der Waals surface area contributed by atoms with E-state index in [2.05, 4.69) is 20.2 Å². The molecule has 0 saturated heterocycles. The number of nitrogen functional groups attached to an aromatic ring is 2. The van der Waals surface area contributed by atoms with Gasteiger partial charge in [0.25, 0.3) is 0 Å². The van der Waals surface area contributed by atoms with Crippen molar-refractivity contribution in [3.05, 3.63) is 17.8 Å². The highest BCUT2D eigenvalue weighted by Gasteiger charge is 2.04. The van der Waals surface area contributed by atoms with E-state index in [-0.39, 0.29) is 17.6 Å². The molecule has 0 aromatic carbocycles. The number of rotatable bonds is 2.